The highest BCUT2D eigenvalue weighted by Gasteiger charge is 2.32. The van der Waals surface area contributed by atoms with E-state index in [9.17, 15) is 13.2 Å². The molecular weight excluding hydrogens is 426 g/mol. The van der Waals surface area contributed by atoms with Crippen LogP contribution in [0.4, 0.5) is 0 Å². The number of furan rings is 1. The number of amides is 1. The molecule has 1 amide bonds. The summed E-state index contributed by atoms with van der Waals surface area (Å²) in [6.45, 7) is 7.67. The second-order valence-electron chi connectivity index (χ2n) is 9.28. The lowest BCUT2D eigenvalue weighted by atomic mass is 9.94. The average Bonchev–Trinajstić information content (AvgIpc) is 3.48. The molecule has 0 aliphatic carbocycles. The molecule has 8 heteroatoms. The maximum absolute atomic E-state index is 13.1. The van der Waals surface area contributed by atoms with Gasteiger partial charge >= 0.3 is 0 Å². The summed E-state index contributed by atoms with van der Waals surface area (Å²) in [5.41, 5.74) is 0.448. The molecule has 2 fully saturated rings. The van der Waals surface area contributed by atoms with Crippen LogP contribution in [0.1, 0.15) is 55.3 Å². The zero-order chi connectivity index (χ0) is 22.7. The molecule has 0 saturated carbocycles. The van der Waals surface area contributed by atoms with Gasteiger partial charge in [0.15, 0.2) is 0 Å². The van der Waals surface area contributed by atoms with Crippen LogP contribution in [-0.4, -0.2) is 56.3 Å². The van der Waals surface area contributed by atoms with Gasteiger partial charge < -0.3 is 9.73 Å². The van der Waals surface area contributed by atoms with E-state index in [-0.39, 0.29) is 16.8 Å². The van der Waals surface area contributed by atoms with E-state index in [1.54, 1.807) is 34.8 Å². The van der Waals surface area contributed by atoms with Gasteiger partial charge in [0.1, 0.15) is 5.76 Å². The summed E-state index contributed by atoms with van der Waals surface area (Å²) in [5, 5.41) is 3.00. The van der Waals surface area contributed by atoms with Crippen LogP contribution in [0.25, 0.3) is 0 Å². The van der Waals surface area contributed by atoms with Crippen LogP contribution in [0.3, 0.4) is 0 Å². The van der Waals surface area contributed by atoms with Crippen molar-refractivity contribution < 1.29 is 17.6 Å². The van der Waals surface area contributed by atoms with Crippen molar-refractivity contribution in [1.82, 2.24) is 14.5 Å². The molecule has 0 spiro atoms. The molecule has 2 aliphatic heterocycles. The van der Waals surface area contributed by atoms with Crippen LogP contribution < -0.4 is 5.32 Å². The fourth-order valence-electron chi connectivity index (χ4n) is 4.96. The highest BCUT2D eigenvalue weighted by molar-refractivity contribution is 7.89. The second kappa shape index (κ2) is 9.77. The summed E-state index contributed by atoms with van der Waals surface area (Å²) in [4.78, 5) is 15.3. The number of nitrogens with zero attached hydrogens (tertiary/aromatic N) is 2. The number of carbonyl (C=O) groups excluding carboxylic acids is 1. The Balaban J connectivity index is 1.41. The van der Waals surface area contributed by atoms with Gasteiger partial charge in [0, 0.05) is 25.2 Å². The summed E-state index contributed by atoms with van der Waals surface area (Å²) in [5.74, 6) is 1.32. The van der Waals surface area contributed by atoms with Crippen molar-refractivity contribution in [3.8, 4) is 0 Å². The molecule has 3 atom stereocenters. The largest absolute Gasteiger partial charge is 0.468 e. The highest BCUT2D eigenvalue weighted by Crippen LogP contribution is 2.27. The van der Waals surface area contributed by atoms with E-state index in [2.05, 4.69) is 24.1 Å². The van der Waals surface area contributed by atoms with Gasteiger partial charge in [0.2, 0.25) is 10.0 Å². The monoisotopic (exact) mass is 459 g/mol. The Labute approximate surface area is 190 Å². The number of sulfonamides is 1. The third kappa shape index (κ3) is 5.08. The summed E-state index contributed by atoms with van der Waals surface area (Å²) in [6, 6.07) is 10.1. The number of hydrogen-bond donors (Lipinski definition) is 1. The van der Waals surface area contributed by atoms with Crippen molar-refractivity contribution in [2.75, 3.05) is 32.7 Å². The second-order valence-corrected chi connectivity index (χ2v) is 11.2. The Kier molecular flexibility index (Phi) is 7.02. The van der Waals surface area contributed by atoms with Crippen LogP contribution in [-0.2, 0) is 10.0 Å². The minimum atomic E-state index is -3.55. The third-order valence-corrected chi connectivity index (χ3v) is 8.34. The lowest BCUT2D eigenvalue weighted by Gasteiger charge is -2.34. The molecule has 1 N–H and O–H groups in total. The topological polar surface area (TPSA) is 82.9 Å². The molecule has 2 saturated heterocycles. The lowest BCUT2D eigenvalue weighted by Crippen LogP contribution is -2.42. The average molecular weight is 460 g/mol. The predicted octanol–water partition coefficient (Wildman–Crippen LogP) is 3.51. The molecule has 7 nitrogen and oxygen atoms in total. The maximum Gasteiger partial charge on any atom is 0.251 e. The van der Waals surface area contributed by atoms with Crippen molar-refractivity contribution in [2.24, 2.45) is 11.8 Å². The first kappa shape index (κ1) is 23.0. The van der Waals surface area contributed by atoms with Gasteiger partial charge in [-0.2, -0.15) is 4.31 Å². The SMILES string of the molecule is C[C@@H]1C[C@@H](C)CN(S(=O)(=O)c2ccc(C(=O)NC[C@H](c3ccco3)N3CCCC3)cc2)C1. The molecule has 4 rings (SSSR count). The number of carbonyl (C=O) groups is 1. The van der Waals surface area contributed by atoms with Crippen LogP contribution in [0.15, 0.2) is 52.0 Å². The number of rotatable bonds is 7. The van der Waals surface area contributed by atoms with E-state index in [1.807, 2.05) is 12.1 Å². The molecule has 0 radical (unpaired) electrons. The number of benzene rings is 1. The number of piperidine rings is 1. The minimum Gasteiger partial charge on any atom is -0.468 e. The van der Waals surface area contributed by atoms with Gasteiger partial charge in [0.05, 0.1) is 17.2 Å². The van der Waals surface area contributed by atoms with Gasteiger partial charge in [-0.1, -0.05) is 13.8 Å². The molecule has 3 heterocycles. The fourth-order valence-corrected chi connectivity index (χ4v) is 6.64. The number of likely N-dealkylation sites (tertiary alicyclic amines) is 1. The van der Waals surface area contributed by atoms with Crippen LogP contribution >= 0.6 is 0 Å². The summed E-state index contributed by atoms with van der Waals surface area (Å²) in [7, 11) is -3.55. The van der Waals surface area contributed by atoms with Gasteiger partial charge in [-0.05, 0) is 80.6 Å². The summed E-state index contributed by atoms with van der Waals surface area (Å²) < 4.78 is 33.3. The van der Waals surface area contributed by atoms with E-state index < -0.39 is 10.0 Å². The molecule has 32 heavy (non-hydrogen) atoms. The fraction of sp³-hybridized carbons (Fsp3) is 0.542. The first-order chi connectivity index (χ1) is 15.3. The molecule has 174 valence electrons. The molecule has 1 aromatic heterocycles. The Morgan fingerprint density at radius 2 is 1.75 bits per heavy atom. The summed E-state index contributed by atoms with van der Waals surface area (Å²) >= 11 is 0. The van der Waals surface area contributed by atoms with Crippen molar-refractivity contribution in [1.29, 1.82) is 0 Å². The minimum absolute atomic E-state index is 0.000758. The van der Waals surface area contributed by atoms with Crippen molar-refractivity contribution >= 4 is 15.9 Å². The van der Waals surface area contributed by atoms with E-state index in [4.69, 9.17) is 4.42 Å². The van der Waals surface area contributed by atoms with Crippen LogP contribution in [0, 0.1) is 11.8 Å². The van der Waals surface area contributed by atoms with Gasteiger partial charge in [-0.3, -0.25) is 9.69 Å². The van der Waals surface area contributed by atoms with Gasteiger partial charge in [-0.25, -0.2) is 8.42 Å². The zero-order valence-corrected chi connectivity index (χ0v) is 19.7. The van der Waals surface area contributed by atoms with Crippen molar-refractivity contribution in [3.05, 3.63) is 54.0 Å². The molecule has 0 bridgehead atoms. The van der Waals surface area contributed by atoms with Gasteiger partial charge in [0.25, 0.3) is 5.91 Å². The third-order valence-electron chi connectivity index (χ3n) is 6.50. The molecule has 0 unspecified atom stereocenters. The molecule has 2 aliphatic rings. The smallest absolute Gasteiger partial charge is 0.251 e. The summed E-state index contributed by atoms with van der Waals surface area (Å²) in [6.07, 6.45) is 5.00. The van der Waals surface area contributed by atoms with E-state index >= 15 is 0 Å². The van der Waals surface area contributed by atoms with E-state index in [0.717, 1.165) is 38.1 Å². The normalized spacial score (nSPS) is 23.8. The maximum atomic E-state index is 13.1. The Bertz CT molecular complexity index is 988. The van der Waals surface area contributed by atoms with E-state index in [1.165, 1.54) is 0 Å². The predicted molar refractivity (Wildman–Crippen MR) is 123 cm³/mol. The molecule has 2 aromatic rings. The Morgan fingerprint density at radius 1 is 1.09 bits per heavy atom. The van der Waals surface area contributed by atoms with Crippen LogP contribution in [0.2, 0.25) is 0 Å². The van der Waals surface area contributed by atoms with E-state index in [0.29, 0.717) is 37.0 Å². The first-order valence-corrected chi connectivity index (χ1v) is 12.9. The standard InChI is InChI=1S/C24H33N3O4S/c1-18-14-19(2)17-27(16-18)32(29,30)21-9-7-20(8-10-21)24(28)25-15-22(23-6-5-13-31-23)26-11-3-4-12-26/h5-10,13,18-19,22H,3-4,11-12,14-17H2,1-2H3,(H,25,28)/t18-,19-,22-/m1/s1. The van der Waals surface area contributed by atoms with Gasteiger partial charge in [-0.15, -0.1) is 0 Å². The Morgan fingerprint density at radius 3 is 2.34 bits per heavy atom. The lowest BCUT2D eigenvalue weighted by molar-refractivity contribution is 0.0933. The zero-order valence-electron chi connectivity index (χ0n) is 18.9. The Hall–Kier alpha value is -2.16. The molecular formula is C24H33N3O4S. The number of nitrogens with one attached hydrogen (secondary N) is 1. The first-order valence-electron chi connectivity index (χ1n) is 11.5. The van der Waals surface area contributed by atoms with Crippen LogP contribution in [0.5, 0.6) is 0 Å². The number of hydrogen-bond acceptors (Lipinski definition) is 5. The quantitative estimate of drug-likeness (QED) is 0.685. The highest BCUT2D eigenvalue weighted by atomic mass is 32.2. The molecule has 1 aromatic carbocycles. The van der Waals surface area contributed by atoms with Crippen molar-refractivity contribution in [3.63, 3.8) is 0 Å². The van der Waals surface area contributed by atoms with Crippen molar-refractivity contribution in [2.45, 2.75) is 44.0 Å².